The molecule has 0 aromatic heterocycles. The number of rotatable bonds is 14. The van der Waals surface area contributed by atoms with Gasteiger partial charge in [-0.25, -0.2) is 0 Å². The lowest BCUT2D eigenvalue weighted by molar-refractivity contribution is -0.108. The van der Waals surface area contributed by atoms with Crippen LogP contribution in [0.2, 0.25) is 6.04 Å². The number of unbranched alkanes of at least 4 members (excludes halogenated alkanes) is 2. The van der Waals surface area contributed by atoms with Crippen LogP contribution in [0.4, 0.5) is 0 Å². The fourth-order valence-corrected chi connectivity index (χ4v) is 4.22. The summed E-state index contributed by atoms with van der Waals surface area (Å²) in [6.45, 7) is 18.4. The Morgan fingerprint density at radius 2 is 1.42 bits per heavy atom. The molecule has 0 saturated carbocycles. The molecule has 5 nitrogen and oxygen atoms in total. The summed E-state index contributed by atoms with van der Waals surface area (Å²) in [7, 11) is -2.53. The van der Waals surface area contributed by atoms with Crippen LogP contribution < -0.4 is 5.32 Å². The molecule has 1 N–H and O–H groups in total. The first kappa shape index (κ1) is 29.2. The van der Waals surface area contributed by atoms with E-state index in [2.05, 4.69) is 26.1 Å². The summed E-state index contributed by atoms with van der Waals surface area (Å²) in [5.74, 6) is 0. The maximum atomic E-state index is 5.92. The Labute approximate surface area is 155 Å². The molecule has 7 heteroatoms. The van der Waals surface area contributed by atoms with Gasteiger partial charge in [0.05, 0.1) is 0 Å². The normalized spacial score (nSPS) is 12.1. The van der Waals surface area contributed by atoms with E-state index in [0.717, 1.165) is 32.2 Å². The molecule has 0 aromatic rings. The van der Waals surface area contributed by atoms with E-state index in [1.165, 1.54) is 12.8 Å². The van der Waals surface area contributed by atoms with Crippen LogP contribution in [0, 0.1) is 0 Å². The SMILES string of the molecule is CCCCCOC(C)O[Si](CC)(OCC)OCC.CCNCC.P. The summed E-state index contributed by atoms with van der Waals surface area (Å²) in [6.07, 6.45) is 3.21. The fraction of sp³-hybridized carbons (Fsp3) is 1.00. The summed E-state index contributed by atoms with van der Waals surface area (Å²) in [5, 5.41) is 3.11. The minimum Gasteiger partial charge on any atom is -0.374 e. The van der Waals surface area contributed by atoms with Gasteiger partial charge < -0.3 is 23.3 Å². The lowest BCUT2D eigenvalue weighted by atomic mass is 10.3. The maximum Gasteiger partial charge on any atom is 0.502 e. The molecule has 150 valence electrons. The molecule has 0 aliphatic rings. The van der Waals surface area contributed by atoms with E-state index in [9.17, 15) is 0 Å². The third-order valence-corrected chi connectivity index (χ3v) is 6.12. The van der Waals surface area contributed by atoms with Gasteiger partial charge in [-0.15, -0.1) is 0 Å². The molecule has 0 aromatic carbocycles. The zero-order chi connectivity index (χ0) is 18.0. The van der Waals surface area contributed by atoms with Crippen molar-refractivity contribution >= 4 is 18.7 Å². The standard InChI is InChI=1S/C13H30O4Si.C4H11N.H3P/c1-6-10-11-12-14-13(5)17-18(9-4,15-7-2)16-8-3;1-3-5-4-2;/h13H,6-12H2,1-5H3;5H,3-4H2,1-2H3;1H3. The molecule has 0 radical (unpaired) electrons. The van der Waals surface area contributed by atoms with Crippen LogP contribution in [0.15, 0.2) is 0 Å². The second-order valence-electron chi connectivity index (χ2n) is 5.12. The number of hydrogen-bond acceptors (Lipinski definition) is 5. The minimum atomic E-state index is -2.53. The smallest absolute Gasteiger partial charge is 0.374 e. The van der Waals surface area contributed by atoms with Gasteiger partial charge in [-0.1, -0.05) is 40.5 Å². The van der Waals surface area contributed by atoms with Crippen molar-refractivity contribution in [3.63, 3.8) is 0 Å². The summed E-state index contributed by atoms with van der Waals surface area (Å²) < 4.78 is 23.0. The van der Waals surface area contributed by atoms with Crippen molar-refractivity contribution < 1.29 is 18.0 Å². The van der Waals surface area contributed by atoms with Crippen LogP contribution in [-0.2, 0) is 18.0 Å². The third-order valence-electron chi connectivity index (χ3n) is 3.11. The number of ether oxygens (including phenoxy) is 1. The summed E-state index contributed by atoms with van der Waals surface area (Å²) in [6, 6.07) is 0.775. The van der Waals surface area contributed by atoms with Gasteiger partial charge in [-0.3, -0.25) is 0 Å². The predicted octanol–water partition coefficient (Wildman–Crippen LogP) is 4.26. The van der Waals surface area contributed by atoms with Crippen molar-refractivity contribution in [2.24, 2.45) is 0 Å². The highest BCUT2D eigenvalue weighted by Crippen LogP contribution is 2.18. The first-order valence-electron chi connectivity index (χ1n) is 9.33. The molecule has 0 rings (SSSR count). The molecule has 2 unspecified atom stereocenters. The van der Waals surface area contributed by atoms with Crippen molar-refractivity contribution in [1.82, 2.24) is 5.32 Å². The van der Waals surface area contributed by atoms with E-state index in [1.54, 1.807) is 0 Å². The highest BCUT2D eigenvalue weighted by atomic mass is 31.0. The molecule has 0 bridgehead atoms. The van der Waals surface area contributed by atoms with Gasteiger partial charge in [0, 0.05) is 25.9 Å². The first-order chi connectivity index (χ1) is 11.1. The predicted molar refractivity (Wildman–Crippen MR) is 111 cm³/mol. The van der Waals surface area contributed by atoms with E-state index in [0.29, 0.717) is 13.2 Å². The summed E-state index contributed by atoms with van der Waals surface area (Å²) in [5.41, 5.74) is 0. The van der Waals surface area contributed by atoms with Crippen LogP contribution in [0.25, 0.3) is 0 Å². The number of hydrogen-bond donors (Lipinski definition) is 1. The highest BCUT2D eigenvalue weighted by molar-refractivity contribution is 6.92. The zero-order valence-electron chi connectivity index (χ0n) is 17.3. The van der Waals surface area contributed by atoms with Crippen molar-refractivity contribution in [2.75, 3.05) is 32.9 Å². The monoisotopic (exact) mass is 385 g/mol. The molecular formula is C17H44NO4PSi. The van der Waals surface area contributed by atoms with E-state index >= 15 is 0 Å². The van der Waals surface area contributed by atoms with Gasteiger partial charge in [-0.05, 0) is 40.3 Å². The van der Waals surface area contributed by atoms with Crippen LogP contribution in [0.1, 0.15) is 67.7 Å². The molecule has 24 heavy (non-hydrogen) atoms. The molecule has 0 saturated heterocycles. The fourth-order valence-electron chi connectivity index (χ4n) is 1.98. The molecule has 0 fully saturated rings. The van der Waals surface area contributed by atoms with Crippen LogP contribution in [-0.4, -0.2) is 48.0 Å². The van der Waals surface area contributed by atoms with Crippen molar-refractivity contribution in [1.29, 1.82) is 0 Å². The summed E-state index contributed by atoms with van der Waals surface area (Å²) in [4.78, 5) is 0. The molecular weight excluding hydrogens is 341 g/mol. The Balaban J connectivity index is -0.000000639. The molecule has 0 spiro atoms. The summed E-state index contributed by atoms with van der Waals surface area (Å²) >= 11 is 0. The average Bonchev–Trinajstić information content (AvgIpc) is 2.53. The molecule has 2 atom stereocenters. The lowest BCUT2D eigenvalue weighted by Crippen LogP contribution is -2.48. The van der Waals surface area contributed by atoms with Gasteiger partial charge in [-0.2, -0.15) is 9.90 Å². The van der Waals surface area contributed by atoms with E-state index in [1.807, 2.05) is 27.7 Å². The highest BCUT2D eigenvalue weighted by Gasteiger charge is 2.40. The van der Waals surface area contributed by atoms with E-state index < -0.39 is 8.80 Å². The van der Waals surface area contributed by atoms with Crippen molar-refractivity contribution in [3.05, 3.63) is 0 Å². The maximum absolute atomic E-state index is 5.92. The van der Waals surface area contributed by atoms with Gasteiger partial charge in [0.15, 0.2) is 0 Å². The topological polar surface area (TPSA) is 49.0 Å². The second kappa shape index (κ2) is 21.5. The third kappa shape index (κ3) is 17.3. The van der Waals surface area contributed by atoms with Gasteiger partial charge in [0.25, 0.3) is 0 Å². The lowest BCUT2D eigenvalue weighted by Gasteiger charge is -2.30. The molecule has 0 heterocycles. The minimum absolute atomic E-state index is 0. The Morgan fingerprint density at radius 3 is 1.75 bits per heavy atom. The Kier molecular flexibility index (Phi) is 26.2. The Hall–Kier alpha value is 0.447. The van der Waals surface area contributed by atoms with Gasteiger partial charge >= 0.3 is 8.80 Å². The van der Waals surface area contributed by atoms with Crippen LogP contribution in [0.5, 0.6) is 0 Å². The largest absolute Gasteiger partial charge is 0.502 e. The average molecular weight is 386 g/mol. The van der Waals surface area contributed by atoms with Gasteiger partial charge in [0.1, 0.15) is 6.29 Å². The van der Waals surface area contributed by atoms with E-state index in [-0.39, 0.29) is 16.2 Å². The van der Waals surface area contributed by atoms with Crippen LogP contribution >= 0.6 is 9.90 Å². The molecule has 0 aliphatic heterocycles. The van der Waals surface area contributed by atoms with Crippen molar-refractivity contribution in [3.8, 4) is 0 Å². The Morgan fingerprint density at radius 1 is 0.875 bits per heavy atom. The van der Waals surface area contributed by atoms with Crippen LogP contribution in [0.3, 0.4) is 0 Å². The van der Waals surface area contributed by atoms with Gasteiger partial charge in [0.2, 0.25) is 0 Å². The second-order valence-corrected chi connectivity index (χ2v) is 8.01. The quantitative estimate of drug-likeness (QED) is 0.209. The number of nitrogens with one attached hydrogen (secondary N) is 1. The zero-order valence-corrected chi connectivity index (χ0v) is 19.7. The molecule has 0 amide bonds. The molecule has 0 aliphatic carbocycles. The Bertz CT molecular complexity index is 231. The first-order valence-corrected chi connectivity index (χ1v) is 11.3. The van der Waals surface area contributed by atoms with Crippen molar-refractivity contribution in [2.45, 2.75) is 80.1 Å². The van der Waals surface area contributed by atoms with E-state index in [4.69, 9.17) is 18.0 Å².